The SMILES string of the molecule is CCC1(C(=O)N(C)c2ccc(OCC(=O)O)cc2)CCCCC1. The van der Waals surface area contributed by atoms with Crippen LogP contribution in [0.25, 0.3) is 0 Å². The van der Waals surface area contributed by atoms with Gasteiger partial charge in [-0.15, -0.1) is 0 Å². The van der Waals surface area contributed by atoms with E-state index in [1.165, 1.54) is 6.42 Å². The lowest BCUT2D eigenvalue weighted by Gasteiger charge is -2.38. The van der Waals surface area contributed by atoms with E-state index >= 15 is 0 Å². The highest BCUT2D eigenvalue weighted by molar-refractivity contribution is 5.97. The molecule has 1 aromatic rings. The molecule has 0 radical (unpaired) electrons. The minimum absolute atomic E-state index is 0.180. The fraction of sp³-hybridized carbons (Fsp3) is 0.556. The summed E-state index contributed by atoms with van der Waals surface area (Å²) in [5, 5.41) is 8.61. The minimum Gasteiger partial charge on any atom is -0.482 e. The van der Waals surface area contributed by atoms with Gasteiger partial charge in [0, 0.05) is 18.2 Å². The van der Waals surface area contributed by atoms with Crippen molar-refractivity contribution in [2.75, 3.05) is 18.6 Å². The van der Waals surface area contributed by atoms with Gasteiger partial charge in [0.05, 0.1) is 0 Å². The van der Waals surface area contributed by atoms with Crippen LogP contribution in [0.1, 0.15) is 45.4 Å². The molecule has 1 aliphatic carbocycles. The second-order valence-electron chi connectivity index (χ2n) is 6.24. The van der Waals surface area contributed by atoms with Gasteiger partial charge in [0.2, 0.25) is 5.91 Å². The van der Waals surface area contributed by atoms with E-state index in [1.807, 2.05) is 7.05 Å². The summed E-state index contributed by atoms with van der Waals surface area (Å²) >= 11 is 0. The first-order valence-electron chi connectivity index (χ1n) is 8.21. The minimum atomic E-state index is -1.01. The second-order valence-corrected chi connectivity index (χ2v) is 6.24. The summed E-state index contributed by atoms with van der Waals surface area (Å²) in [6.45, 7) is 1.73. The molecule has 126 valence electrons. The highest BCUT2D eigenvalue weighted by Crippen LogP contribution is 2.41. The van der Waals surface area contributed by atoms with E-state index in [9.17, 15) is 9.59 Å². The third-order valence-electron chi connectivity index (χ3n) is 4.83. The Kier molecular flexibility index (Phi) is 5.64. The number of hydrogen-bond acceptors (Lipinski definition) is 3. The van der Waals surface area contributed by atoms with E-state index in [1.54, 1.807) is 29.2 Å². The van der Waals surface area contributed by atoms with E-state index in [2.05, 4.69) is 6.92 Å². The van der Waals surface area contributed by atoms with Gasteiger partial charge < -0.3 is 14.7 Å². The zero-order valence-corrected chi connectivity index (χ0v) is 13.9. The number of ether oxygens (including phenoxy) is 1. The normalized spacial score (nSPS) is 16.6. The Hall–Kier alpha value is -2.04. The summed E-state index contributed by atoms with van der Waals surface area (Å²) in [7, 11) is 1.81. The van der Waals surface area contributed by atoms with Crippen LogP contribution in [0.5, 0.6) is 5.75 Å². The number of carbonyl (C=O) groups is 2. The quantitative estimate of drug-likeness (QED) is 0.872. The van der Waals surface area contributed by atoms with Gasteiger partial charge in [0.25, 0.3) is 0 Å². The molecule has 0 atom stereocenters. The van der Waals surface area contributed by atoms with Crippen molar-refractivity contribution in [1.82, 2.24) is 0 Å². The van der Waals surface area contributed by atoms with Crippen LogP contribution < -0.4 is 9.64 Å². The Morgan fingerprint density at radius 1 is 1.17 bits per heavy atom. The van der Waals surface area contributed by atoms with Gasteiger partial charge in [-0.1, -0.05) is 26.2 Å². The molecule has 1 aliphatic rings. The van der Waals surface area contributed by atoms with Gasteiger partial charge in [-0.05, 0) is 43.5 Å². The van der Waals surface area contributed by atoms with E-state index in [4.69, 9.17) is 9.84 Å². The Morgan fingerprint density at radius 3 is 2.30 bits per heavy atom. The molecule has 1 aromatic carbocycles. The third kappa shape index (κ3) is 4.03. The average molecular weight is 319 g/mol. The van der Waals surface area contributed by atoms with Crippen molar-refractivity contribution in [3.8, 4) is 5.75 Å². The number of anilines is 1. The van der Waals surface area contributed by atoms with Gasteiger partial charge in [0.1, 0.15) is 5.75 Å². The molecule has 2 rings (SSSR count). The predicted octanol–water partition coefficient (Wildman–Crippen LogP) is 3.47. The van der Waals surface area contributed by atoms with Gasteiger partial charge in [-0.25, -0.2) is 4.79 Å². The van der Waals surface area contributed by atoms with Crippen LogP contribution in [0.2, 0.25) is 0 Å². The van der Waals surface area contributed by atoms with E-state index in [0.717, 1.165) is 37.8 Å². The number of benzene rings is 1. The summed E-state index contributed by atoms with van der Waals surface area (Å²) in [5.74, 6) is -0.345. The molecule has 23 heavy (non-hydrogen) atoms. The lowest BCUT2D eigenvalue weighted by molar-refractivity contribution is -0.139. The number of rotatable bonds is 6. The molecular weight excluding hydrogens is 294 g/mol. The number of amides is 1. The number of hydrogen-bond donors (Lipinski definition) is 1. The zero-order valence-electron chi connectivity index (χ0n) is 13.9. The first-order valence-corrected chi connectivity index (χ1v) is 8.21. The molecule has 0 bridgehead atoms. The first-order chi connectivity index (χ1) is 11.0. The largest absolute Gasteiger partial charge is 0.482 e. The number of nitrogens with zero attached hydrogens (tertiary/aromatic N) is 1. The van der Waals surface area contributed by atoms with Crippen LogP contribution in [-0.2, 0) is 9.59 Å². The number of carbonyl (C=O) groups excluding carboxylic acids is 1. The molecule has 5 heteroatoms. The summed E-state index contributed by atoms with van der Waals surface area (Å²) in [4.78, 5) is 25.2. The fourth-order valence-electron chi connectivity index (χ4n) is 3.33. The number of carboxylic acids is 1. The average Bonchev–Trinajstić information content (AvgIpc) is 2.59. The molecule has 0 aromatic heterocycles. The number of carboxylic acid groups (broad SMARTS) is 1. The second kappa shape index (κ2) is 7.49. The van der Waals surface area contributed by atoms with Crippen LogP contribution in [0.3, 0.4) is 0 Å². The molecule has 0 aliphatic heterocycles. The third-order valence-corrected chi connectivity index (χ3v) is 4.83. The van der Waals surface area contributed by atoms with Crippen LogP contribution in [-0.4, -0.2) is 30.6 Å². The Balaban J connectivity index is 2.08. The van der Waals surface area contributed by atoms with E-state index < -0.39 is 5.97 Å². The van der Waals surface area contributed by atoms with Crippen LogP contribution in [0.4, 0.5) is 5.69 Å². The van der Waals surface area contributed by atoms with Crippen molar-refractivity contribution < 1.29 is 19.4 Å². The molecular formula is C18H25NO4. The first kappa shape index (κ1) is 17.3. The monoisotopic (exact) mass is 319 g/mol. The van der Waals surface area contributed by atoms with Crippen LogP contribution in [0, 0.1) is 5.41 Å². The lowest BCUT2D eigenvalue weighted by Crippen LogP contribution is -2.43. The summed E-state index contributed by atoms with van der Waals surface area (Å²) in [5.41, 5.74) is 0.571. The van der Waals surface area contributed by atoms with Gasteiger partial charge in [0.15, 0.2) is 6.61 Å². The number of aliphatic carboxylic acids is 1. The Bertz CT molecular complexity index is 547. The topological polar surface area (TPSA) is 66.8 Å². The Labute approximate surface area is 137 Å². The van der Waals surface area contributed by atoms with Crippen molar-refractivity contribution >= 4 is 17.6 Å². The maximum atomic E-state index is 13.0. The van der Waals surface area contributed by atoms with Crippen molar-refractivity contribution in [1.29, 1.82) is 0 Å². The zero-order chi connectivity index (χ0) is 16.9. The molecule has 0 saturated heterocycles. The molecule has 1 saturated carbocycles. The van der Waals surface area contributed by atoms with Crippen molar-refractivity contribution in [3.63, 3.8) is 0 Å². The van der Waals surface area contributed by atoms with Crippen molar-refractivity contribution in [3.05, 3.63) is 24.3 Å². The van der Waals surface area contributed by atoms with E-state index in [-0.39, 0.29) is 17.9 Å². The maximum absolute atomic E-state index is 13.0. The predicted molar refractivity (Wildman–Crippen MR) is 88.8 cm³/mol. The maximum Gasteiger partial charge on any atom is 0.341 e. The van der Waals surface area contributed by atoms with Crippen molar-refractivity contribution in [2.24, 2.45) is 5.41 Å². The summed E-state index contributed by atoms with van der Waals surface area (Å²) in [6.07, 6.45) is 6.26. The Morgan fingerprint density at radius 2 is 1.78 bits per heavy atom. The summed E-state index contributed by atoms with van der Waals surface area (Å²) in [6, 6.07) is 6.98. The summed E-state index contributed by atoms with van der Waals surface area (Å²) < 4.78 is 5.12. The molecule has 0 unspecified atom stereocenters. The van der Waals surface area contributed by atoms with Crippen LogP contribution >= 0.6 is 0 Å². The lowest BCUT2D eigenvalue weighted by atomic mass is 9.71. The van der Waals surface area contributed by atoms with Gasteiger partial charge in [-0.2, -0.15) is 0 Å². The van der Waals surface area contributed by atoms with Crippen molar-refractivity contribution in [2.45, 2.75) is 45.4 Å². The van der Waals surface area contributed by atoms with Gasteiger partial charge >= 0.3 is 5.97 Å². The van der Waals surface area contributed by atoms with Crippen LogP contribution in [0.15, 0.2) is 24.3 Å². The fourth-order valence-corrected chi connectivity index (χ4v) is 3.33. The molecule has 0 heterocycles. The van der Waals surface area contributed by atoms with Gasteiger partial charge in [-0.3, -0.25) is 4.79 Å². The molecule has 0 spiro atoms. The smallest absolute Gasteiger partial charge is 0.341 e. The molecule has 1 fully saturated rings. The highest BCUT2D eigenvalue weighted by Gasteiger charge is 2.39. The highest BCUT2D eigenvalue weighted by atomic mass is 16.5. The molecule has 5 nitrogen and oxygen atoms in total. The molecule has 1 amide bonds. The standard InChI is InChI=1S/C18H25NO4/c1-3-18(11-5-4-6-12-18)17(22)19(2)14-7-9-15(10-8-14)23-13-16(20)21/h7-10H,3-6,11-13H2,1-2H3,(H,20,21). The molecule has 1 N–H and O–H groups in total. The van der Waals surface area contributed by atoms with E-state index in [0.29, 0.717) is 5.75 Å².